The van der Waals surface area contributed by atoms with E-state index < -0.39 is 24.1 Å². The number of aliphatic hydroxyl groups is 1. The number of aryl methyl sites for hydroxylation is 1. The highest BCUT2D eigenvalue weighted by atomic mass is 19.1. The van der Waals surface area contributed by atoms with Crippen LogP contribution < -0.4 is 5.32 Å². The van der Waals surface area contributed by atoms with Crippen molar-refractivity contribution in [3.63, 3.8) is 0 Å². The topological polar surface area (TPSA) is 49.3 Å². The first-order valence-corrected chi connectivity index (χ1v) is 7.08. The summed E-state index contributed by atoms with van der Waals surface area (Å²) in [6.07, 6.45) is 0.0924. The fourth-order valence-electron chi connectivity index (χ4n) is 2.13. The normalized spacial score (nSPS) is 10.6. The van der Waals surface area contributed by atoms with Gasteiger partial charge in [0.15, 0.2) is 0 Å². The van der Waals surface area contributed by atoms with Crippen LogP contribution >= 0.6 is 0 Å². The van der Waals surface area contributed by atoms with Crippen molar-refractivity contribution in [1.82, 2.24) is 5.32 Å². The highest BCUT2D eigenvalue weighted by Crippen LogP contribution is 2.13. The Morgan fingerprint density at radius 1 is 1.00 bits per heavy atom. The van der Waals surface area contributed by atoms with E-state index in [1.54, 1.807) is 0 Å². The standard InChI is InChI=1S/C17H16F3NO2/c18-14-3-5-15(19)12(8-14)2-6-17(23)21-9-11-1-4-16(20)13(7-11)10-22/h1,3-5,7-8,22H,2,6,9-10H2,(H,21,23). The number of hydrogen-bond donors (Lipinski definition) is 2. The Morgan fingerprint density at radius 2 is 1.70 bits per heavy atom. The number of carbonyl (C=O) groups excluding carboxylic acids is 1. The highest BCUT2D eigenvalue weighted by molar-refractivity contribution is 5.76. The molecule has 0 saturated carbocycles. The first-order chi connectivity index (χ1) is 11.0. The lowest BCUT2D eigenvalue weighted by atomic mass is 10.1. The van der Waals surface area contributed by atoms with E-state index in [4.69, 9.17) is 5.11 Å². The maximum Gasteiger partial charge on any atom is 0.220 e. The van der Waals surface area contributed by atoms with Gasteiger partial charge in [-0.2, -0.15) is 0 Å². The summed E-state index contributed by atoms with van der Waals surface area (Å²) < 4.78 is 39.7. The molecule has 2 rings (SSSR count). The summed E-state index contributed by atoms with van der Waals surface area (Å²) in [5.74, 6) is -1.94. The Kier molecular flexibility index (Phi) is 5.76. The number of nitrogens with one attached hydrogen (secondary N) is 1. The molecule has 0 bridgehead atoms. The molecule has 0 aliphatic rings. The summed E-state index contributed by atoms with van der Waals surface area (Å²) in [6, 6.07) is 7.29. The van der Waals surface area contributed by atoms with E-state index in [2.05, 4.69) is 5.32 Å². The second kappa shape index (κ2) is 7.78. The van der Waals surface area contributed by atoms with Crippen LogP contribution in [0.1, 0.15) is 23.1 Å². The first kappa shape index (κ1) is 17.0. The van der Waals surface area contributed by atoms with E-state index in [0.29, 0.717) is 5.56 Å². The molecule has 3 nitrogen and oxygen atoms in total. The van der Waals surface area contributed by atoms with Crippen molar-refractivity contribution in [3.05, 3.63) is 70.5 Å². The molecule has 6 heteroatoms. The summed E-state index contributed by atoms with van der Waals surface area (Å²) in [7, 11) is 0. The van der Waals surface area contributed by atoms with Crippen LogP contribution in [0.3, 0.4) is 0 Å². The maximum atomic E-state index is 13.4. The number of carbonyl (C=O) groups is 1. The lowest BCUT2D eigenvalue weighted by Gasteiger charge is -2.08. The third-order valence-corrected chi connectivity index (χ3v) is 3.40. The number of rotatable bonds is 6. The number of amides is 1. The molecule has 2 N–H and O–H groups in total. The van der Waals surface area contributed by atoms with Gasteiger partial charge < -0.3 is 10.4 Å². The van der Waals surface area contributed by atoms with E-state index in [1.807, 2.05) is 0 Å². The molecule has 0 saturated heterocycles. The van der Waals surface area contributed by atoms with Gasteiger partial charge in [-0.05, 0) is 47.9 Å². The van der Waals surface area contributed by atoms with Crippen molar-refractivity contribution < 1.29 is 23.1 Å². The van der Waals surface area contributed by atoms with Gasteiger partial charge in [-0.3, -0.25) is 4.79 Å². The lowest BCUT2D eigenvalue weighted by Crippen LogP contribution is -2.23. The summed E-state index contributed by atoms with van der Waals surface area (Å²) in [5, 5.41) is 11.6. The van der Waals surface area contributed by atoms with Gasteiger partial charge in [-0.15, -0.1) is 0 Å². The van der Waals surface area contributed by atoms with E-state index in [1.165, 1.54) is 18.2 Å². The van der Waals surface area contributed by atoms with E-state index in [9.17, 15) is 18.0 Å². The predicted molar refractivity (Wildman–Crippen MR) is 78.8 cm³/mol. The molecule has 0 aromatic heterocycles. The van der Waals surface area contributed by atoms with Crippen LogP contribution in [0.5, 0.6) is 0 Å². The molecule has 0 unspecified atom stereocenters. The van der Waals surface area contributed by atoms with Gasteiger partial charge in [-0.1, -0.05) is 6.07 Å². The van der Waals surface area contributed by atoms with Crippen molar-refractivity contribution >= 4 is 5.91 Å². The molecule has 2 aromatic rings. The summed E-state index contributed by atoms with van der Waals surface area (Å²) in [6.45, 7) is -0.260. The summed E-state index contributed by atoms with van der Waals surface area (Å²) in [5.41, 5.74) is 0.934. The molecule has 0 heterocycles. The van der Waals surface area contributed by atoms with Crippen LogP contribution in [0, 0.1) is 17.5 Å². The van der Waals surface area contributed by atoms with Crippen LogP contribution in [0.4, 0.5) is 13.2 Å². The van der Waals surface area contributed by atoms with Crippen LogP contribution in [-0.2, 0) is 24.4 Å². The van der Waals surface area contributed by atoms with Crippen LogP contribution in [0.25, 0.3) is 0 Å². The molecule has 1 amide bonds. The third kappa shape index (κ3) is 4.82. The Hall–Kier alpha value is -2.34. The zero-order valence-corrected chi connectivity index (χ0v) is 12.3. The van der Waals surface area contributed by atoms with Gasteiger partial charge in [-0.25, -0.2) is 13.2 Å². The van der Waals surface area contributed by atoms with Crippen LogP contribution in [0.15, 0.2) is 36.4 Å². The molecule has 0 radical (unpaired) electrons. The smallest absolute Gasteiger partial charge is 0.220 e. The Bertz CT molecular complexity index is 704. The third-order valence-electron chi connectivity index (χ3n) is 3.40. The first-order valence-electron chi connectivity index (χ1n) is 7.08. The average Bonchev–Trinajstić information content (AvgIpc) is 2.54. The quantitative estimate of drug-likeness (QED) is 0.859. The maximum absolute atomic E-state index is 13.4. The summed E-state index contributed by atoms with van der Waals surface area (Å²) >= 11 is 0. The monoisotopic (exact) mass is 323 g/mol. The van der Waals surface area contributed by atoms with Gasteiger partial charge in [0.05, 0.1) is 6.61 Å². The van der Waals surface area contributed by atoms with E-state index >= 15 is 0 Å². The number of aliphatic hydroxyl groups excluding tert-OH is 1. The molecule has 0 fully saturated rings. The van der Waals surface area contributed by atoms with Gasteiger partial charge in [0, 0.05) is 18.5 Å². The summed E-state index contributed by atoms with van der Waals surface area (Å²) in [4.78, 5) is 11.8. The molecule has 2 aromatic carbocycles. The van der Waals surface area contributed by atoms with Crippen LogP contribution in [0.2, 0.25) is 0 Å². The Labute approximate surface area is 131 Å². The van der Waals surface area contributed by atoms with Crippen molar-refractivity contribution in [2.45, 2.75) is 26.0 Å². The molecule has 0 spiro atoms. The van der Waals surface area contributed by atoms with Gasteiger partial charge in [0.2, 0.25) is 5.91 Å². The number of benzene rings is 2. The zero-order valence-electron chi connectivity index (χ0n) is 12.3. The van der Waals surface area contributed by atoms with Gasteiger partial charge in [0.1, 0.15) is 17.5 Å². The van der Waals surface area contributed by atoms with Crippen LogP contribution in [-0.4, -0.2) is 11.0 Å². The largest absolute Gasteiger partial charge is 0.392 e. The molecule has 0 aliphatic carbocycles. The zero-order chi connectivity index (χ0) is 16.8. The molecule has 23 heavy (non-hydrogen) atoms. The van der Waals surface area contributed by atoms with Crippen molar-refractivity contribution in [2.75, 3.05) is 0 Å². The van der Waals surface area contributed by atoms with Crippen molar-refractivity contribution in [1.29, 1.82) is 0 Å². The second-order valence-corrected chi connectivity index (χ2v) is 5.10. The minimum absolute atomic E-state index is 0.00836. The molecule has 0 aliphatic heterocycles. The lowest BCUT2D eigenvalue weighted by molar-refractivity contribution is -0.121. The Balaban J connectivity index is 1.87. The minimum Gasteiger partial charge on any atom is -0.392 e. The second-order valence-electron chi connectivity index (χ2n) is 5.10. The SMILES string of the molecule is O=C(CCc1cc(F)ccc1F)NCc1ccc(F)c(CO)c1. The highest BCUT2D eigenvalue weighted by Gasteiger charge is 2.08. The number of halogens is 3. The van der Waals surface area contributed by atoms with E-state index in [0.717, 1.165) is 18.2 Å². The van der Waals surface area contributed by atoms with Crippen molar-refractivity contribution in [3.8, 4) is 0 Å². The fraction of sp³-hybridized carbons (Fsp3) is 0.235. The van der Waals surface area contributed by atoms with Gasteiger partial charge >= 0.3 is 0 Å². The van der Waals surface area contributed by atoms with E-state index in [-0.39, 0.29) is 36.4 Å². The van der Waals surface area contributed by atoms with Gasteiger partial charge in [0.25, 0.3) is 0 Å². The molecule has 122 valence electrons. The molecular weight excluding hydrogens is 307 g/mol. The minimum atomic E-state index is -0.551. The van der Waals surface area contributed by atoms with Crippen molar-refractivity contribution in [2.24, 2.45) is 0 Å². The molecule has 0 atom stereocenters. The predicted octanol–water partition coefficient (Wildman–Crippen LogP) is 2.85. The Morgan fingerprint density at radius 3 is 2.43 bits per heavy atom. The fourth-order valence-corrected chi connectivity index (χ4v) is 2.13. The number of hydrogen-bond acceptors (Lipinski definition) is 2. The average molecular weight is 323 g/mol. The molecular formula is C17H16F3NO2.